The molecular weight excluding hydrogens is 154 g/mol. The summed E-state index contributed by atoms with van der Waals surface area (Å²) in [6.45, 7) is 1.66. The van der Waals surface area contributed by atoms with Crippen molar-refractivity contribution in [2.24, 2.45) is 0 Å². The van der Waals surface area contributed by atoms with Crippen LogP contribution in [0.5, 0.6) is 0 Å². The monoisotopic (exact) mass is 173 g/mol. The summed E-state index contributed by atoms with van der Waals surface area (Å²) in [4.78, 5) is 9.82. The van der Waals surface area contributed by atoms with E-state index in [9.17, 15) is 4.79 Å². The molecule has 1 amide bonds. The number of hydrogen-bond acceptors (Lipinski definition) is 2. The summed E-state index contributed by atoms with van der Waals surface area (Å²) in [6.07, 6.45) is 9.33. The highest BCUT2D eigenvalue weighted by molar-refractivity contribution is 5.73. The Balaban J connectivity index is 0.000000202. The molecule has 0 aromatic carbocycles. The predicted octanol–water partition coefficient (Wildman–Crippen LogP) is 2.24. The quantitative estimate of drug-likeness (QED) is 0.472. The third kappa shape index (κ3) is 7.54. The van der Waals surface area contributed by atoms with Crippen LogP contribution in [0.1, 0.15) is 51.9 Å². The molecule has 1 fully saturated rings. The first-order chi connectivity index (χ1) is 5.81. The molecule has 72 valence electrons. The molecule has 0 aliphatic heterocycles. The Kier molecular flexibility index (Phi) is 8.12. The van der Waals surface area contributed by atoms with Gasteiger partial charge in [0.05, 0.1) is 0 Å². The summed E-state index contributed by atoms with van der Waals surface area (Å²) in [5.74, 6) is -0.352. The Bertz CT molecular complexity index is 93.6. The second-order valence-corrected chi connectivity index (χ2v) is 3.01. The first-order valence-corrected chi connectivity index (χ1v) is 4.74. The van der Waals surface area contributed by atoms with Crippen LogP contribution in [0.4, 0.5) is 0 Å². The smallest absolute Gasteiger partial charge is 0.243 e. The number of hydroxylamine groups is 1. The molecule has 3 heteroatoms. The maximum Gasteiger partial charge on any atom is 0.243 e. The van der Waals surface area contributed by atoms with Crippen molar-refractivity contribution in [1.82, 2.24) is 5.48 Å². The van der Waals surface area contributed by atoms with Gasteiger partial charge in [0.1, 0.15) is 0 Å². The number of rotatable bonds is 1. The molecule has 0 aromatic rings. The van der Waals surface area contributed by atoms with Crippen molar-refractivity contribution >= 4 is 5.91 Å². The number of carbonyl (C=O) groups excluding carboxylic acids is 1. The maximum absolute atomic E-state index is 9.82. The van der Waals surface area contributed by atoms with E-state index in [0.717, 1.165) is 0 Å². The lowest BCUT2D eigenvalue weighted by Gasteiger charge is -2.05. The minimum atomic E-state index is -0.352. The molecule has 0 spiro atoms. The van der Waals surface area contributed by atoms with Gasteiger partial charge in [-0.25, -0.2) is 5.48 Å². The highest BCUT2D eigenvalue weighted by Gasteiger charge is 1.95. The SMILES string of the molecule is C1CCCCC1.CCC(=O)NO. The minimum Gasteiger partial charge on any atom is -0.289 e. The number of amides is 1. The Morgan fingerprint density at radius 3 is 1.58 bits per heavy atom. The summed E-state index contributed by atoms with van der Waals surface area (Å²) in [7, 11) is 0. The molecular formula is C9H19NO2. The molecule has 0 unspecified atom stereocenters. The van der Waals surface area contributed by atoms with Gasteiger partial charge in [0.2, 0.25) is 5.91 Å². The topological polar surface area (TPSA) is 49.3 Å². The lowest BCUT2D eigenvalue weighted by atomic mass is 10.0. The van der Waals surface area contributed by atoms with E-state index in [4.69, 9.17) is 5.21 Å². The van der Waals surface area contributed by atoms with Crippen LogP contribution in [-0.2, 0) is 4.79 Å². The largest absolute Gasteiger partial charge is 0.289 e. The average molecular weight is 173 g/mol. The van der Waals surface area contributed by atoms with Crippen molar-refractivity contribution in [2.45, 2.75) is 51.9 Å². The van der Waals surface area contributed by atoms with Gasteiger partial charge in [0.15, 0.2) is 0 Å². The normalized spacial score (nSPS) is 15.8. The minimum absolute atomic E-state index is 0.330. The van der Waals surface area contributed by atoms with Crippen LogP contribution in [0.3, 0.4) is 0 Å². The van der Waals surface area contributed by atoms with Gasteiger partial charge in [0.25, 0.3) is 0 Å². The Hall–Kier alpha value is -0.570. The zero-order chi connectivity index (χ0) is 9.23. The second-order valence-electron chi connectivity index (χ2n) is 3.01. The van der Waals surface area contributed by atoms with E-state index in [2.05, 4.69) is 0 Å². The molecule has 1 saturated carbocycles. The summed E-state index contributed by atoms with van der Waals surface area (Å²) < 4.78 is 0. The maximum atomic E-state index is 9.82. The summed E-state index contributed by atoms with van der Waals surface area (Å²) in [6, 6.07) is 0. The third-order valence-electron chi connectivity index (χ3n) is 1.95. The van der Waals surface area contributed by atoms with Crippen LogP contribution in [0.2, 0.25) is 0 Å². The molecule has 3 nitrogen and oxygen atoms in total. The molecule has 12 heavy (non-hydrogen) atoms. The van der Waals surface area contributed by atoms with Crippen LogP contribution in [0.15, 0.2) is 0 Å². The van der Waals surface area contributed by atoms with Crippen LogP contribution in [0.25, 0.3) is 0 Å². The predicted molar refractivity (Wildman–Crippen MR) is 47.9 cm³/mol. The molecule has 1 aliphatic carbocycles. The first-order valence-electron chi connectivity index (χ1n) is 4.74. The summed E-state index contributed by atoms with van der Waals surface area (Å²) >= 11 is 0. The van der Waals surface area contributed by atoms with E-state index in [1.54, 1.807) is 6.92 Å². The molecule has 1 rings (SSSR count). The zero-order valence-electron chi connectivity index (χ0n) is 7.81. The highest BCUT2D eigenvalue weighted by Crippen LogP contribution is 2.15. The molecule has 0 bridgehead atoms. The van der Waals surface area contributed by atoms with Crippen molar-refractivity contribution in [3.63, 3.8) is 0 Å². The Morgan fingerprint density at radius 2 is 1.50 bits per heavy atom. The fourth-order valence-corrected chi connectivity index (χ4v) is 1.14. The van der Waals surface area contributed by atoms with E-state index in [-0.39, 0.29) is 5.91 Å². The van der Waals surface area contributed by atoms with Gasteiger partial charge in [-0.1, -0.05) is 45.4 Å². The fraction of sp³-hybridized carbons (Fsp3) is 0.889. The third-order valence-corrected chi connectivity index (χ3v) is 1.95. The summed E-state index contributed by atoms with van der Waals surface area (Å²) in [5, 5.41) is 7.74. The van der Waals surface area contributed by atoms with Gasteiger partial charge in [-0.2, -0.15) is 0 Å². The second kappa shape index (κ2) is 8.53. The fourth-order valence-electron chi connectivity index (χ4n) is 1.14. The standard InChI is InChI=1S/C6H12.C3H7NO2/c1-2-4-6-5-3-1;1-2-3(5)4-6/h1-6H2;6H,2H2,1H3,(H,4,5). The lowest BCUT2D eigenvalue weighted by molar-refractivity contribution is -0.128. The lowest BCUT2D eigenvalue weighted by Crippen LogP contribution is -2.16. The van der Waals surface area contributed by atoms with E-state index in [1.807, 2.05) is 0 Å². The van der Waals surface area contributed by atoms with Crippen molar-refractivity contribution in [2.75, 3.05) is 0 Å². The van der Waals surface area contributed by atoms with Crippen LogP contribution in [0, 0.1) is 0 Å². The Labute approximate surface area is 74.1 Å². The van der Waals surface area contributed by atoms with E-state index < -0.39 is 0 Å². The van der Waals surface area contributed by atoms with Gasteiger partial charge < -0.3 is 0 Å². The van der Waals surface area contributed by atoms with Gasteiger partial charge in [-0.3, -0.25) is 10.0 Å². The Morgan fingerprint density at radius 1 is 1.17 bits per heavy atom. The van der Waals surface area contributed by atoms with Crippen molar-refractivity contribution in [3.05, 3.63) is 0 Å². The van der Waals surface area contributed by atoms with Crippen molar-refractivity contribution in [3.8, 4) is 0 Å². The van der Waals surface area contributed by atoms with Gasteiger partial charge in [-0.05, 0) is 0 Å². The van der Waals surface area contributed by atoms with Crippen LogP contribution < -0.4 is 5.48 Å². The molecule has 0 radical (unpaired) electrons. The van der Waals surface area contributed by atoms with Crippen molar-refractivity contribution < 1.29 is 10.0 Å². The molecule has 0 atom stereocenters. The molecule has 2 N–H and O–H groups in total. The number of nitrogens with one attached hydrogen (secondary N) is 1. The molecule has 0 aromatic heterocycles. The van der Waals surface area contributed by atoms with E-state index in [0.29, 0.717) is 6.42 Å². The van der Waals surface area contributed by atoms with Gasteiger partial charge in [0, 0.05) is 6.42 Å². The first kappa shape index (κ1) is 11.4. The number of hydrogen-bond donors (Lipinski definition) is 2. The number of carbonyl (C=O) groups is 1. The average Bonchev–Trinajstić information content (AvgIpc) is 2.20. The van der Waals surface area contributed by atoms with Gasteiger partial charge in [-0.15, -0.1) is 0 Å². The van der Waals surface area contributed by atoms with E-state index >= 15 is 0 Å². The van der Waals surface area contributed by atoms with Crippen molar-refractivity contribution in [1.29, 1.82) is 0 Å². The van der Waals surface area contributed by atoms with Gasteiger partial charge >= 0.3 is 0 Å². The van der Waals surface area contributed by atoms with Crippen LogP contribution in [-0.4, -0.2) is 11.1 Å². The molecule has 1 aliphatic rings. The molecule has 0 heterocycles. The van der Waals surface area contributed by atoms with Crippen LogP contribution >= 0.6 is 0 Å². The summed E-state index contributed by atoms with van der Waals surface area (Å²) in [5.41, 5.74) is 1.48. The van der Waals surface area contributed by atoms with E-state index in [1.165, 1.54) is 44.0 Å². The highest BCUT2D eigenvalue weighted by atomic mass is 16.5. The zero-order valence-corrected chi connectivity index (χ0v) is 7.81. The molecule has 0 saturated heterocycles.